The maximum atomic E-state index is 12.4. The van der Waals surface area contributed by atoms with E-state index in [9.17, 15) is 4.79 Å². The second kappa shape index (κ2) is 8.66. The summed E-state index contributed by atoms with van der Waals surface area (Å²) in [4.78, 5) is 12.4. The highest BCUT2D eigenvalue weighted by atomic mass is 16.5. The quantitative estimate of drug-likeness (QED) is 0.710. The van der Waals surface area contributed by atoms with Crippen LogP contribution in [0, 0.1) is 11.8 Å². The van der Waals surface area contributed by atoms with Crippen LogP contribution in [-0.2, 0) is 11.3 Å². The topological polar surface area (TPSA) is 38.3 Å². The van der Waals surface area contributed by atoms with Gasteiger partial charge in [-0.1, -0.05) is 48.2 Å². The third-order valence-electron chi connectivity index (χ3n) is 3.77. The fourth-order valence-corrected chi connectivity index (χ4v) is 2.46. The average molecular weight is 341 g/mol. The van der Waals surface area contributed by atoms with Crippen LogP contribution in [0.3, 0.4) is 0 Å². The predicted octanol–water partition coefficient (Wildman–Crippen LogP) is 4.49. The molecule has 0 fully saturated rings. The molecular formula is C23H19NO2. The minimum absolute atomic E-state index is 0.151. The van der Waals surface area contributed by atoms with Crippen molar-refractivity contribution in [1.82, 2.24) is 0 Å². The molecule has 3 rings (SSSR count). The first kappa shape index (κ1) is 17.5. The van der Waals surface area contributed by atoms with Crippen LogP contribution in [0.4, 0.5) is 5.69 Å². The highest BCUT2D eigenvalue weighted by Crippen LogP contribution is 2.13. The molecule has 0 spiro atoms. The van der Waals surface area contributed by atoms with Gasteiger partial charge in [0.2, 0.25) is 0 Å². The highest BCUT2D eigenvalue weighted by molar-refractivity contribution is 6.04. The van der Waals surface area contributed by atoms with Crippen molar-refractivity contribution in [2.24, 2.45) is 0 Å². The Balaban J connectivity index is 1.70. The zero-order valence-corrected chi connectivity index (χ0v) is 14.5. The van der Waals surface area contributed by atoms with Gasteiger partial charge < -0.3 is 10.1 Å². The van der Waals surface area contributed by atoms with Crippen LogP contribution in [0.25, 0.3) is 0 Å². The van der Waals surface area contributed by atoms with Gasteiger partial charge in [-0.05, 0) is 48.0 Å². The van der Waals surface area contributed by atoms with Crippen LogP contribution in [0.1, 0.15) is 27.0 Å². The lowest BCUT2D eigenvalue weighted by atomic mass is 10.1. The van der Waals surface area contributed by atoms with Gasteiger partial charge in [-0.25, -0.2) is 0 Å². The third kappa shape index (κ3) is 4.83. The van der Waals surface area contributed by atoms with E-state index in [0.717, 1.165) is 22.4 Å². The number of carbonyl (C=O) groups is 1. The molecule has 0 bridgehead atoms. The molecule has 0 atom stereocenters. The lowest BCUT2D eigenvalue weighted by Gasteiger charge is -2.06. The van der Waals surface area contributed by atoms with E-state index in [1.807, 2.05) is 66.7 Å². The van der Waals surface area contributed by atoms with Gasteiger partial charge in [-0.3, -0.25) is 4.79 Å². The van der Waals surface area contributed by atoms with Gasteiger partial charge in [0, 0.05) is 29.5 Å². The molecular weight excluding hydrogens is 322 g/mol. The van der Waals surface area contributed by atoms with E-state index in [1.54, 1.807) is 19.2 Å². The second-order valence-corrected chi connectivity index (χ2v) is 5.78. The molecule has 0 aliphatic carbocycles. The molecule has 0 aromatic heterocycles. The number of methoxy groups -OCH3 is 1. The van der Waals surface area contributed by atoms with Gasteiger partial charge >= 0.3 is 0 Å². The number of benzene rings is 3. The van der Waals surface area contributed by atoms with E-state index < -0.39 is 0 Å². The van der Waals surface area contributed by atoms with Crippen molar-refractivity contribution in [3.05, 3.63) is 101 Å². The number of rotatable bonds is 4. The molecule has 1 N–H and O–H groups in total. The zero-order chi connectivity index (χ0) is 18.2. The molecule has 26 heavy (non-hydrogen) atoms. The smallest absolute Gasteiger partial charge is 0.255 e. The number of ether oxygens (including phenoxy) is 1. The average Bonchev–Trinajstić information content (AvgIpc) is 2.68. The Labute approximate surface area is 153 Å². The largest absolute Gasteiger partial charge is 0.380 e. The zero-order valence-electron chi connectivity index (χ0n) is 14.5. The molecule has 0 saturated heterocycles. The van der Waals surface area contributed by atoms with Crippen molar-refractivity contribution in [3.63, 3.8) is 0 Å². The number of anilines is 1. The molecule has 0 unspecified atom stereocenters. The van der Waals surface area contributed by atoms with E-state index in [1.165, 1.54) is 0 Å². The normalized spacial score (nSPS) is 9.88. The Morgan fingerprint density at radius 3 is 2.31 bits per heavy atom. The van der Waals surface area contributed by atoms with Crippen molar-refractivity contribution >= 4 is 11.6 Å². The number of amides is 1. The van der Waals surface area contributed by atoms with Crippen molar-refractivity contribution in [2.75, 3.05) is 12.4 Å². The molecule has 0 saturated carbocycles. The molecule has 0 aliphatic rings. The Kier molecular flexibility index (Phi) is 5.82. The Morgan fingerprint density at radius 2 is 1.58 bits per heavy atom. The maximum absolute atomic E-state index is 12.4. The summed E-state index contributed by atoms with van der Waals surface area (Å²) in [6.07, 6.45) is 0. The van der Waals surface area contributed by atoms with Gasteiger partial charge in [0.05, 0.1) is 6.61 Å². The molecule has 1 amide bonds. The van der Waals surface area contributed by atoms with Gasteiger partial charge in [-0.15, -0.1) is 0 Å². The van der Waals surface area contributed by atoms with E-state index >= 15 is 0 Å². The standard InChI is InChI=1S/C23H19NO2/c1-26-17-20-12-14-21(15-13-20)23(25)24-22-9-5-8-19(16-22)11-10-18-6-3-2-4-7-18/h2-9,12-16H,17H2,1H3,(H,24,25). The van der Waals surface area contributed by atoms with E-state index in [4.69, 9.17) is 4.74 Å². The Hall–Kier alpha value is -3.35. The van der Waals surface area contributed by atoms with E-state index in [0.29, 0.717) is 12.2 Å². The van der Waals surface area contributed by atoms with Crippen molar-refractivity contribution in [2.45, 2.75) is 6.61 Å². The first-order valence-corrected chi connectivity index (χ1v) is 8.31. The molecule has 3 aromatic rings. The molecule has 3 aromatic carbocycles. The summed E-state index contributed by atoms with van der Waals surface area (Å²) in [7, 11) is 1.65. The first-order chi connectivity index (χ1) is 12.7. The van der Waals surface area contributed by atoms with Crippen LogP contribution < -0.4 is 5.32 Å². The van der Waals surface area contributed by atoms with Crippen LogP contribution in [0.5, 0.6) is 0 Å². The number of hydrogen-bond acceptors (Lipinski definition) is 2. The second-order valence-electron chi connectivity index (χ2n) is 5.78. The predicted molar refractivity (Wildman–Crippen MR) is 104 cm³/mol. The van der Waals surface area contributed by atoms with Crippen LogP contribution in [0.2, 0.25) is 0 Å². The van der Waals surface area contributed by atoms with Crippen LogP contribution in [-0.4, -0.2) is 13.0 Å². The Bertz CT molecular complexity index is 935. The summed E-state index contributed by atoms with van der Waals surface area (Å²) in [5, 5.41) is 2.91. The monoisotopic (exact) mass is 341 g/mol. The Morgan fingerprint density at radius 1 is 0.885 bits per heavy atom. The summed E-state index contributed by atoms with van der Waals surface area (Å²) in [6.45, 7) is 0.532. The molecule has 128 valence electrons. The molecule has 0 aliphatic heterocycles. The minimum Gasteiger partial charge on any atom is -0.380 e. The summed E-state index contributed by atoms with van der Waals surface area (Å²) >= 11 is 0. The van der Waals surface area contributed by atoms with Crippen molar-refractivity contribution in [3.8, 4) is 11.8 Å². The minimum atomic E-state index is -0.151. The maximum Gasteiger partial charge on any atom is 0.255 e. The van der Waals surface area contributed by atoms with E-state index in [2.05, 4.69) is 17.2 Å². The fraction of sp³-hybridized carbons (Fsp3) is 0.0870. The van der Waals surface area contributed by atoms with Crippen LogP contribution >= 0.6 is 0 Å². The summed E-state index contributed by atoms with van der Waals surface area (Å²) in [6, 6.07) is 24.7. The summed E-state index contributed by atoms with van der Waals surface area (Å²) < 4.78 is 5.08. The van der Waals surface area contributed by atoms with Crippen molar-refractivity contribution in [1.29, 1.82) is 0 Å². The lowest BCUT2D eigenvalue weighted by molar-refractivity contribution is 0.102. The van der Waals surface area contributed by atoms with Gasteiger partial charge in [0.1, 0.15) is 0 Å². The summed E-state index contributed by atoms with van der Waals surface area (Å²) in [5.41, 5.74) is 4.16. The number of nitrogens with one attached hydrogen (secondary N) is 1. The van der Waals surface area contributed by atoms with Gasteiger partial charge in [0.15, 0.2) is 0 Å². The molecule has 0 radical (unpaired) electrons. The molecule has 0 heterocycles. The fourth-order valence-electron chi connectivity index (χ4n) is 2.46. The lowest BCUT2D eigenvalue weighted by Crippen LogP contribution is -2.11. The number of hydrogen-bond donors (Lipinski definition) is 1. The summed E-state index contributed by atoms with van der Waals surface area (Å²) in [5.74, 6) is 6.09. The van der Waals surface area contributed by atoms with Gasteiger partial charge in [-0.2, -0.15) is 0 Å². The third-order valence-corrected chi connectivity index (χ3v) is 3.77. The van der Waals surface area contributed by atoms with Crippen LogP contribution in [0.15, 0.2) is 78.9 Å². The van der Waals surface area contributed by atoms with E-state index in [-0.39, 0.29) is 5.91 Å². The number of carbonyl (C=O) groups excluding carboxylic acids is 1. The highest BCUT2D eigenvalue weighted by Gasteiger charge is 2.06. The molecule has 3 heteroatoms. The first-order valence-electron chi connectivity index (χ1n) is 8.31. The SMILES string of the molecule is COCc1ccc(C(=O)Nc2cccc(C#Cc3ccccc3)c2)cc1. The molecule has 3 nitrogen and oxygen atoms in total. The van der Waals surface area contributed by atoms with Crippen molar-refractivity contribution < 1.29 is 9.53 Å². The van der Waals surface area contributed by atoms with Gasteiger partial charge in [0.25, 0.3) is 5.91 Å².